The van der Waals surface area contributed by atoms with Crippen LogP contribution < -0.4 is 19.7 Å². The maximum atomic E-state index is 12.9. The number of urea groups is 1. The molecule has 0 unspecified atom stereocenters. The van der Waals surface area contributed by atoms with Crippen LogP contribution in [0.2, 0.25) is 10.0 Å². The molecule has 0 bridgehead atoms. The van der Waals surface area contributed by atoms with E-state index in [1.165, 1.54) is 31.4 Å². The van der Waals surface area contributed by atoms with Gasteiger partial charge in [-0.15, -0.1) is 0 Å². The van der Waals surface area contributed by atoms with Gasteiger partial charge in [-0.1, -0.05) is 29.3 Å². The Bertz CT molecular complexity index is 1040. The standard InChI is InChI=1S/C20H16Cl2N2O5/c1-3-29-17-9-11(4-7-16(17)28-2)8-13-18(25)23-20(27)24(19(13)26)12-5-6-14(21)15(22)10-12/h4-10H,3H2,1-2H3,(H,23,25,27)/b13-8+. The van der Waals surface area contributed by atoms with Crippen molar-refractivity contribution >= 4 is 52.8 Å². The third kappa shape index (κ3) is 4.21. The molecule has 1 fully saturated rings. The van der Waals surface area contributed by atoms with Crippen LogP contribution in [0.5, 0.6) is 11.5 Å². The van der Waals surface area contributed by atoms with Gasteiger partial charge in [-0.2, -0.15) is 0 Å². The van der Waals surface area contributed by atoms with Crippen molar-refractivity contribution < 1.29 is 23.9 Å². The van der Waals surface area contributed by atoms with Gasteiger partial charge < -0.3 is 9.47 Å². The minimum atomic E-state index is -0.875. The summed E-state index contributed by atoms with van der Waals surface area (Å²) in [6.07, 6.45) is 1.37. The van der Waals surface area contributed by atoms with Gasteiger partial charge >= 0.3 is 6.03 Å². The molecule has 150 valence electrons. The van der Waals surface area contributed by atoms with Crippen LogP contribution in [-0.4, -0.2) is 31.6 Å². The number of nitrogens with zero attached hydrogens (tertiary/aromatic N) is 1. The van der Waals surface area contributed by atoms with Gasteiger partial charge in [-0.25, -0.2) is 9.69 Å². The van der Waals surface area contributed by atoms with Crippen LogP contribution >= 0.6 is 23.2 Å². The average Bonchev–Trinajstić information content (AvgIpc) is 2.68. The van der Waals surface area contributed by atoms with E-state index >= 15 is 0 Å². The van der Waals surface area contributed by atoms with E-state index in [2.05, 4.69) is 5.32 Å². The Morgan fingerprint density at radius 1 is 1.03 bits per heavy atom. The second-order valence-corrected chi connectivity index (χ2v) is 6.71. The van der Waals surface area contributed by atoms with Crippen molar-refractivity contribution in [2.45, 2.75) is 6.92 Å². The highest BCUT2D eigenvalue weighted by Crippen LogP contribution is 2.31. The predicted octanol–water partition coefficient (Wildman–Crippen LogP) is 4.07. The number of carbonyl (C=O) groups is 3. The molecular formula is C20H16Cl2N2O5. The molecule has 1 saturated heterocycles. The number of barbiturate groups is 1. The predicted molar refractivity (Wildman–Crippen MR) is 110 cm³/mol. The van der Waals surface area contributed by atoms with Crippen molar-refractivity contribution in [1.29, 1.82) is 0 Å². The van der Waals surface area contributed by atoms with Gasteiger partial charge in [0.1, 0.15) is 5.57 Å². The minimum absolute atomic E-state index is 0.170. The molecule has 0 aliphatic carbocycles. The largest absolute Gasteiger partial charge is 0.493 e. The topological polar surface area (TPSA) is 84.9 Å². The van der Waals surface area contributed by atoms with E-state index in [4.69, 9.17) is 32.7 Å². The fraction of sp³-hybridized carbons (Fsp3) is 0.150. The number of anilines is 1. The molecule has 1 aliphatic rings. The van der Waals surface area contributed by atoms with Crippen molar-refractivity contribution in [1.82, 2.24) is 5.32 Å². The lowest BCUT2D eigenvalue weighted by molar-refractivity contribution is -0.122. The maximum absolute atomic E-state index is 12.9. The van der Waals surface area contributed by atoms with Crippen LogP contribution in [0.4, 0.5) is 10.5 Å². The first kappa shape index (κ1) is 20.7. The number of nitrogens with one attached hydrogen (secondary N) is 1. The fourth-order valence-corrected chi connectivity index (χ4v) is 3.03. The van der Waals surface area contributed by atoms with E-state index in [0.717, 1.165) is 4.90 Å². The highest BCUT2D eigenvalue weighted by molar-refractivity contribution is 6.43. The number of hydrogen-bond donors (Lipinski definition) is 1. The first-order valence-electron chi connectivity index (χ1n) is 8.53. The highest BCUT2D eigenvalue weighted by atomic mass is 35.5. The molecule has 0 atom stereocenters. The van der Waals surface area contributed by atoms with Crippen LogP contribution in [0.15, 0.2) is 42.0 Å². The van der Waals surface area contributed by atoms with Crippen LogP contribution in [0.1, 0.15) is 12.5 Å². The minimum Gasteiger partial charge on any atom is -0.493 e. The van der Waals surface area contributed by atoms with Crippen molar-refractivity contribution in [2.24, 2.45) is 0 Å². The first-order chi connectivity index (χ1) is 13.8. The van der Waals surface area contributed by atoms with E-state index in [-0.39, 0.29) is 21.3 Å². The Balaban J connectivity index is 2.01. The highest BCUT2D eigenvalue weighted by Gasteiger charge is 2.37. The molecule has 2 aromatic carbocycles. The summed E-state index contributed by atoms with van der Waals surface area (Å²) in [6, 6.07) is 8.36. The van der Waals surface area contributed by atoms with Crippen LogP contribution in [0.3, 0.4) is 0 Å². The molecule has 29 heavy (non-hydrogen) atoms. The van der Waals surface area contributed by atoms with Crippen molar-refractivity contribution in [3.8, 4) is 11.5 Å². The zero-order valence-electron chi connectivity index (χ0n) is 15.5. The summed E-state index contributed by atoms with van der Waals surface area (Å²) in [5, 5.41) is 2.59. The molecule has 1 aliphatic heterocycles. The van der Waals surface area contributed by atoms with Crippen LogP contribution in [0, 0.1) is 0 Å². The molecule has 3 rings (SSSR count). The second kappa shape index (κ2) is 8.55. The van der Waals surface area contributed by atoms with E-state index in [1.807, 2.05) is 6.92 Å². The number of hydrogen-bond acceptors (Lipinski definition) is 5. The molecule has 0 radical (unpaired) electrons. The molecule has 1 N–H and O–H groups in total. The van der Waals surface area contributed by atoms with Crippen LogP contribution in [-0.2, 0) is 9.59 Å². The number of carbonyl (C=O) groups excluding carboxylic acids is 3. The lowest BCUT2D eigenvalue weighted by Crippen LogP contribution is -2.54. The Hall–Kier alpha value is -3.03. The molecule has 0 spiro atoms. The number of rotatable bonds is 5. The molecule has 0 aromatic heterocycles. The van der Waals surface area contributed by atoms with Gasteiger partial charge in [0.2, 0.25) is 0 Å². The zero-order chi connectivity index (χ0) is 21.1. The smallest absolute Gasteiger partial charge is 0.335 e. The van der Waals surface area contributed by atoms with Gasteiger partial charge in [0.05, 0.1) is 29.4 Å². The molecule has 1 heterocycles. The zero-order valence-corrected chi connectivity index (χ0v) is 17.0. The molecule has 9 heteroatoms. The number of halogens is 2. The molecule has 7 nitrogen and oxygen atoms in total. The second-order valence-electron chi connectivity index (χ2n) is 5.90. The van der Waals surface area contributed by atoms with Gasteiger partial charge in [-0.3, -0.25) is 14.9 Å². The summed E-state index contributed by atoms with van der Waals surface area (Å²) in [5.74, 6) is -0.609. The van der Waals surface area contributed by atoms with E-state index in [0.29, 0.717) is 23.7 Å². The van der Waals surface area contributed by atoms with Crippen LogP contribution in [0.25, 0.3) is 6.08 Å². The summed E-state index contributed by atoms with van der Waals surface area (Å²) in [6.45, 7) is 2.23. The Kier molecular flexibility index (Phi) is 6.10. The number of benzene rings is 2. The lowest BCUT2D eigenvalue weighted by Gasteiger charge is -2.26. The van der Waals surface area contributed by atoms with Crippen molar-refractivity contribution in [3.63, 3.8) is 0 Å². The van der Waals surface area contributed by atoms with Crippen molar-refractivity contribution in [2.75, 3.05) is 18.6 Å². The van der Waals surface area contributed by atoms with Gasteiger partial charge in [-0.05, 0) is 48.9 Å². The Labute approximate surface area is 176 Å². The third-order valence-electron chi connectivity index (χ3n) is 4.06. The average molecular weight is 435 g/mol. The summed E-state index contributed by atoms with van der Waals surface area (Å²) in [4.78, 5) is 38.3. The van der Waals surface area contributed by atoms with E-state index < -0.39 is 17.8 Å². The number of imide groups is 2. The van der Waals surface area contributed by atoms with E-state index in [9.17, 15) is 14.4 Å². The summed E-state index contributed by atoms with van der Waals surface area (Å²) >= 11 is 11.9. The Morgan fingerprint density at radius 2 is 1.79 bits per heavy atom. The number of ether oxygens (including phenoxy) is 2. The number of amides is 4. The van der Waals surface area contributed by atoms with Gasteiger partial charge in [0, 0.05) is 0 Å². The third-order valence-corrected chi connectivity index (χ3v) is 4.80. The van der Waals surface area contributed by atoms with Gasteiger partial charge in [0.25, 0.3) is 11.8 Å². The first-order valence-corrected chi connectivity index (χ1v) is 9.28. The Morgan fingerprint density at radius 3 is 2.45 bits per heavy atom. The summed E-state index contributed by atoms with van der Waals surface area (Å²) < 4.78 is 10.7. The monoisotopic (exact) mass is 434 g/mol. The normalized spacial score (nSPS) is 15.5. The SMILES string of the molecule is CCOc1cc(/C=C2\C(=O)NC(=O)N(c3ccc(Cl)c(Cl)c3)C2=O)ccc1OC. The molecular weight excluding hydrogens is 419 g/mol. The molecule has 2 aromatic rings. The molecule has 4 amide bonds. The number of methoxy groups -OCH3 is 1. The fourth-order valence-electron chi connectivity index (χ4n) is 2.73. The van der Waals surface area contributed by atoms with E-state index in [1.54, 1.807) is 18.2 Å². The molecule has 0 saturated carbocycles. The van der Waals surface area contributed by atoms with Gasteiger partial charge in [0.15, 0.2) is 11.5 Å². The lowest BCUT2D eigenvalue weighted by atomic mass is 10.1. The summed E-state index contributed by atoms with van der Waals surface area (Å²) in [7, 11) is 1.51. The van der Waals surface area contributed by atoms with Crippen molar-refractivity contribution in [3.05, 3.63) is 57.6 Å². The summed E-state index contributed by atoms with van der Waals surface area (Å²) in [5.41, 5.74) is 0.490. The maximum Gasteiger partial charge on any atom is 0.335 e. The quantitative estimate of drug-likeness (QED) is 0.566.